The normalized spacial score (nSPS) is 22.9. The second-order valence-electron chi connectivity index (χ2n) is 6.24. The van der Waals surface area contributed by atoms with Crippen molar-refractivity contribution in [2.45, 2.75) is 38.5 Å². The molecule has 2 aliphatic rings. The molecule has 1 fully saturated rings. The Hall–Kier alpha value is -2.48. The zero-order valence-corrected chi connectivity index (χ0v) is 13.4. The Labute approximate surface area is 139 Å². The highest BCUT2D eigenvalue weighted by Crippen LogP contribution is 2.32. The average Bonchev–Trinajstić information content (AvgIpc) is 3.17. The zero-order valence-electron chi connectivity index (χ0n) is 13.4. The van der Waals surface area contributed by atoms with Crippen LogP contribution in [0, 0.1) is 0 Å². The molecule has 8 heteroatoms. The van der Waals surface area contributed by atoms with Crippen molar-refractivity contribution in [3.63, 3.8) is 0 Å². The first kappa shape index (κ1) is 15.1. The van der Waals surface area contributed by atoms with Gasteiger partial charge in [-0.1, -0.05) is 18.1 Å². The highest BCUT2D eigenvalue weighted by Gasteiger charge is 2.38. The lowest BCUT2D eigenvalue weighted by atomic mass is 10.2. The van der Waals surface area contributed by atoms with E-state index >= 15 is 0 Å². The molecule has 0 aliphatic carbocycles. The van der Waals surface area contributed by atoms with E-state index in [0.29, 0.717) is 38.3 Å². The van der Waals surface area contributed by atoms with Crippen molar-refractivity contribution in [2.24, 2.45) is 0 Å². The molecule has 24 heavy (non-hydrogen) atoms. The molecule has 4 rings (SSSR count). The molecule has 1 N–H and O–H groups in total. The largest absolute Gasteiger partial charge is 0.391 e. The number of nitrogens with zero attached hydrogens (tertiary/aromatic N) is 5. The standard InChI is InChI=1S/C16H19N5O3/c1-2-13-18-15(24-19-13)16(23)20-7-10-4-3-5-17-14(10)21-9-12(22)6-11(21)8-20/h3-5,11-12,22H,2,6-9H2,1H3/t11-,12+/m0/s1. The van der Waals surface area contributed by atoms with Crippen LogP contribution in [0.1, 0.15) is 35.4 Å². The number of aliphatic hydroxyl groups is 1. The third kappa shape index (κ3) is 2.52. The Kier molecular flexibility index (Phi) is 3.68. The molecule has 0 unspecified atom stereocenters. The van der Waals surface area contributed by atoms with Crippen LogP contribution in [0.4, 0.5) is 5.82 Å². The van der Waals surface area contributed by atoms with Gasteiger partial charge in [-0.2, -0.15) is 4.98 Å². The van der Waals surface area contributed by atoms with Crippen LogP contribution in [-0.2, 0) is 13.0 Å². The SMILES string of the molecule is CCc1noc(C(=O)N2Cc3cccnc3N3C[C@H](O)C[C@H]3C2)n1. The summed E-state index contributed by atoms with van der Waals surface area (Å²) in [6.07, 6.45) is 2.56. The second kappa shape index (κ2) is 5.86. The summed E-state index contributed by atoms with van der Waals surface area (Å²) in [7, 11) is 0. The van der Waals surface area contributed by atoms with Crippen LogP contribution in [0.25, 0.3) is 0 Å². The van der Waals surface area contributed by atoms with Gasteiger partial charge in [-0.25, -0.2) is 4.98 Å². The summed E-state index contributed by atoms with van der Waals surface area (Å²) in [6.45, 7) is 3.38. The molecule has 126 valence electrons. The molecule has 0 aromatic carbocycles. The van der Waals surface area contributed by atoms with E-state index in [1.165, 1.54) is 0 Å². The highest BCUT2D eigenvalue weighted by molar-refractivity contribution is 5.89. The smallest absolute Gasteiger partial charge is 0.316 e. The molecule has 2 aliphatic heterocycles. The lowest BCUT2D eigenvalue weighted by Gasteiger charge is -2.25. The minimum absolute atomic E-state index is 0.0179. The summed E-state index contributed by atoms with van der Waals surface area (Å²) in [6, 6.07) is 3.85. The number of carbonyl (C=O) groups excluding carboxylic acids is 1. The van der Waals surface area contributed by atoms with Gasteiger partial charge in [0.15, 0.2) is 5.82 Å². The quantitative estimate of drug-likeness (QED) is 0.863. The molecule has 4 heterocycles. The number of aliphatic hydroxyl groups excluding tert-OH is 1. The topological polar surface area (TPSA) is 95.6 Å². The van der Waals surface area contributed by atoms with Crippen molar-refractivity contribution in [3.8, 4) is 0 Å². The molecule has 0 radical (unpaired) electrons. The van der Waals surface area contributed by atoms with Gasteiger partial charge in [-0.05, 0) is 12.5 Å². The predicted octanol–water partition coefficient (Wildman–Crippen LogP) is 0.623. The van der Waals surface area contributed by atoms with Crippen molar-refractivity contribution in [1.29, 1.82) is 0 Å². The molecular formula is C16H19N5O3. The molecule has 0 saturated carbocycles. The third-order valence-electron chi connectivity index (χ3n) is 4.58. The van der Waals surface area contributed by atoms with Gasteiger partial charge in [0.05, 0.1) is 12.1 Å². The van der Waals surface area contributed by atoms with Crippen molar-refractivity contribution in [1.82, 2.24) is 20.0 Å². The van der Waals surface area contributed by atoms with Crippen LogP contribution in [0.2, 0.25) is 0 Å². The number of rotatable bonds is 2. The minimum Gasteiger partial charge on any atom is -0.391 e. The fraction of sp³-hybridized carbons (Fsp3) is 0.500. The average molecular weight is 329 g/mol. The maximum atomic E-state index is 12.8. The molecule has 0 bridgehead atoms. The maximum Gasteiger partial charge on any atom is 0.316 e. The van der Waals surface area contributed by atoms with Crippen LogP contribution in [0.3, 0.4) is 0 Å². The van der Waals surface area contributed by atoms with E-state index < -0.39 is 6.10 Å². The Balaban J connectivity index is 1.66. The number of pyridine rings is 1. The molecule has 0 spiro atoms. The Bertz CT molecular complexity index is 762. The number of aryl methyl sites for hydroxylation is 1. The van der Waals surface area contributed by atoms with E-state index in [1.807, 2.05) is 19.1 Å². The minimum atomic E-state index is -0.407. The lowest BCUT2D eigenvalue weighted by molar-refractivity contribution is 0.0683. The third-order valence-corrected chi connectivity index (χ3v) is 4.58. The van der Waals surface area contributed by atoms with Gasteiger partial charge in [0.2, 0.25) is 0 Å². The fourth-order valence-electron chi connectivity index (χ4n) is 3.44. The molecule has 2 atom stereocenters. The van der Waals surface area contributed by atoms with E-state index in [9.17, 15) is 9.90 Å². The maximum absolute atomic E-state index is 12.8. The molecule has 1 amide bonds. The number of fused-ring (bicyclic) bond motifs is 3. The molecule has 2 aromatic rings. The summed E-state index contributed by atoms with van der Waals surface area (Å²) in [5.41, 5.74) is 0.956. The van der Waals surface area contributed by atoms with E-state index in [2.05, 4.69) is 20.0 Å². The summed E-state index contributed by atoms with van der Waals surface area (Å²) in [5, 5.41) is 13.8. The monoisotopic (exact) mass is 329 g/mol. The van der Waals surface area contributed by atoms with Gasteiger partial charge in [-0.15, -0.1) is 0 Å². The van der Waals surface area contributed by atoms with Crippen LogP contribution in [0.15, 0.2) is 22.9 Å². The predicted molar refractivity (Wildman–Crippen MR) is 84.4 cm³/mol. The van der Waals surface area contributed by atoms with Crippen molar-refractivity contribution in [2.75, 3.05) is 18.0 Å². The summed E-state index contributed by atoms with van der Waals surface area (Å²) in [4.78, 5) is 25.2. The second-order valence-corrected chi connectivity index (χ2v) is 6.24. The van der Waals surface area contributed by atoms with E-state index in [0.717, 1.165) is 11.4 Å². The molecule has 8 nitrogen and oxygen atoms in total. The van der Waals surface area contributed by atoms with Crippen molar-refractivity contribution >= 4 is 11.7 Å². The molecular weight excluding hydrogens is 310 g/mol. The number of carbonyl (C=O) groups is 1. The Morgan fingerprint density at radius 3 is 3.12 bits per heavy atom. The van der Waals surface area contributed by atoms with Gasteiger partial charge in [0.25, 0.3) is 0 Å². The van der Waals surface area contributed by atoms with Gasteiger partial charge in [-0.3, -0.25) is 4.79 Å². The fourth-order valence-corrected chi connectivity index (χ4v) is 3.44. The van der Waals surface area contributed by atoms with Gasteiger partial charge < -0.3 is 19.4 Å². The first-order valence-electron chi connectivity index (χ1n) is 8.16. The van der Waals surface area contributed by atoms with Gasteiger partial charge in [0.1, 0.15) is 5.82 Å². The van der Waals surface area contributed by atoms with E-state index in [1.54, 1.807) is 11.1 Å². The van der Waals surface area contributed by atoms with E-state index in [4.69, 9.17) is 4.52 Å². The summed E-state index contributed by atoms with van der Waals surface area (Å²) in [5.74, 6) is 1.10. The first-order chi connectivity index (χ1) is 11.7. The number of hydrogen-bond acceptors (Lipinski definition) is 7. The highest BCUT2D eigenvalue weighted by atomic mass is 16.5. The summed E-state index contributed by atoms with van der Waals surface area (Å²) < 4.78 is 5.10. The first-order valence-corrected chi connectivity index (χ1v) is 8.16. The Morgan fingerprint density at radius 1 is 1.46 bits per heavy atom. The number of aromatic nitrogens is 3. The van der Waals surface area contributed by atoms with Crippen molar-refractivity contribution < 1.29 is 14.4 Å². The van der Waals surface area contributed by atoms with E-state index in [-0.39, 0.29) is 17.8 Å². The van der Waals surface area contributed by atoms with Crippen LogP contribution >= 0.6 is 0 Å². The van der Waals surface area contributed by atoms with Gasteiger partial charge in [0, 0.05) is 37.8 Å². The number of amides is 1. The Morgan fingerprint density at radius 2 is 2.33 bits per heavy atom. The number of hydrogen-bond donors (Lipinski definition) is 1. The van der Waals surface area contributed by atoms with Crippen LogP contribution in [0.5, 0.6) is 0 Å². The lowest BCUT2D eigenvalue weighted by Crippen LogP contribution is -2.40. The summed E-state index contributed by atoms with van der Waals surface area (Å²) >= 11 is 0. The van der Waals surface area contributed by atoms with Gasteiger partial charge >= 0.3 is 11.8 Å². The van der Waals surface area contributed by atoms with Crippen LogP contribution < -0.4 is 4.90 Å². The zero-order chi connectivity index (χ0) is 16.7. The van der Waals surface area contributed by atoms with Crippen molar-refractivity contribution in [3.05, 3.63) is 35.6 Å². The van der Waals surface area contributed by atoms with Crippen LogP contribution in [-0.4, -0.2) is 56.3 Å². The number of anilines is 1. The molecule has 2 aromatic heterocycles. The molecule has 1 saturated heterocycles.